The lowest BCUT2D eigenvalue weighted by atomic mass is 10.1. The number of anilines is 1. The van der Waals surface area contributed by atoms with E-state index in [1.54, 1.807) is 19.1 Å². The lowest BCUT2D eigenvalue weighted by molar-refractivity contribution is 0.0531. The molecule has 1 unspecified atom stereocenters. The third-order valence-corrected chi connectivity index (χ3v) is 5.44. The highest BCUT2D eigenvalue weighted by molar-refractivity contribution is 7.20. The average Bonchev–Trinajstić information content (AvgIpc) is 2.98. The van der Waals surface area contributed by atoms with Gasteiger partial charge in [0.25, 0.3) is 0 Å². The molecule has 2 heterocycles. The van der Waals surface area contributed by atoms with Crippen LogP contribution in [0.1, 0.15) is 33.8 Å². The number of fused-ring (bicyclic) bond motifs is 1. The van der Waals surface area contributed by atoms with Gasteiger partial charge in [0.2, 0.25) is 0 Å². The summed E-state index contributed by atoms with van der Waals surface area (Å²) in [4.78, 5) is 21.8. The molecule has 0 aliphatic carbocycles. The number of thiophene rings is 1. The first-order valence-electron chi connectivity index (χ1n) is 8.10. The van der Waals surface area contributed by atoms with Crippen LogP contribution in [-0.2, 0) is 4.74 Å². The predicted molar refractivity (Wildman–Crippen MR) is 103 cm³/mol. The quantitative estimate of drug-likeness (QED) is 0.618. The molecule has 0 aliphatic rings. The minimum Gasteiger partial charge on any atom is -0.462 e. The number of hydrogen-bond acceptors (Lipinski definition) is 7. The van der Waals surface area contributed by atoms with Gasteiger partial charge in [0.1, 0.15) is 21.9 Å². The predicted octanol–water partition coefficient (Wildman–Crippen LogP) is 3.98. The van der Waals surface area contributed by atoms with Crippen LogP contribution in [0.15, 0.2) is 30.6 Å². The van der Waals surface area contributed by atoms with Gasteiger partial charge in [-0.1, -0.05) is 29.8 Å². The highest BCUT2D eigenvalue weighted by atomic mass is 35.5. The van der Waals surface area contributed by atoms with Gasteiger partial charge in [-0.15, -0.1) is 11.3 Å². The largest absolute Gasteiger partial charge is 0.462 e. The van der Waals surface area contributed by atoms with E-state index in [-0.39, 0.29) is 12.5 Å². The molecule has 2 N–H and O–H groups in total. The molecule has 3 rings (SSSR count). The molecule has 1 aromatic carbocycles. The van der Waals surface area contributed by atoms with Crippen molar-refractivity contribution in [1.82, 2.24) is 9.97 Å². The molecule has 0 bridgehead atoms. The number of aliphatic hydroxyl groups is 1. The van der Waals surface area contributed by atoms with Crippen LogP contribution < -0.4 is 5.32 Å². The van der Waals surface area contributed by atoms with Crippen LogP contribution >= 0.6 is 22.9 Å². The van der Waals surface area contributed by atoms with Gasteiger partial charge in [0.05, 0.1) is 18.1 Å². The minimum absolute atomic E-state index is 0.222. The maximum atomic E-state index is 12.1. The summed E-state index contributed by atoms with van der Waals surface area (Å²) in [5, 5.41) is 14.8. The maximum absolute atomic E-state index is 12.1. The molecular weight excluding hydrogens is 374 g/mol. The molecule has 6 nitrogen and oxygen atoms in total. The van der Waals surface area contributed by atoms with Crippen molar-refractivity contribution in [1.29, 1.82) is 0 Å². The van der Waals surface area contributed by atoms with Gasteiger partial charge in [0, 0.05) is 17.1 Å². The molecular formula is C18H18ClN3O3S. The summed E-state index contributed by atoms with van der Waals surface area (Å²) >= 11 is 7.40. The standard InChI is InChI=1S/C18H18ClN3O3S/c1-3-25-18(24)15-10(2)14-16(21-9-22-17(14)26-15)20-8-13(23)11-6-4-5-7-12(11)19/h4-7,9,13,23H,3,8H2,1-2H3,(H,20,21,22). The topological polar surface area (TPSA) is 84.3 Å². The summed E-state index contributed by atoms with van der Waals surface area (Å²) in [7, 11) is 0. The van der Waals surface area contributed by atoms with Crippen molar-refractivity contribution in [2.45, 2.75) is 20.0 Å². The Hall–Kier alpha value is -2.22. The number of benzene rings is 1. The monoisotopic (exact) mass is 391 g/mol. The average molecular weight is 392 g/mol. The number of aliphatic hydroxyl groups excluding tert-OH is 1. The third-order valence-electron chi connectivity index (χ3n) is 3.91. The van der Waals surface area contributed by atoms with Gasteiger partial charge < -0.3 is 15.2 Å². The van der Waals surface area contributed by atoms with Crippen molar-refractivity contribution < 1.29 is 14.6 Å². The molecule has 0 aliphatic heterocycles. The third kappa shape index (κ3) is 3.65. The number of nitrogens with zero attached hydrogens (tertiary/aromatic N) is 2. The number of carbonyl (C=O) groups excluding carboxylic acids is 1. The summed E-state index contributed by atoms with van der Waals surface area (Å²) in [6.07, 6.45) is 0.634. The molecule has 8 heteroatoms. The lowest BCUT2D eigenvalue weighted by Gasteiger charge is -2.14. The van der Waals surface area contributed by atoms with Crippen LogP contribution in [0.25, 0.3) is 10.2 Å². The van der Waals surface area contributed by atoms with Crippen molar-refractivity contribution in [2.24, 2.45) is 0 Å². The molecule has 2 aromatic heterocycles. The van der Waals surface area contributed by atoms with Gasteiger partial charge in [-0.25, -0.2) is 14.8 Å². The number of halogens is 1. The highest BCUT2D eigenvalue weighted by Gasteiger charge is 2.20. The Balaban J connectivity index is 1.86. The molecule has 136 valence electrons. The van der Waals surface area contributed by atoms with E-state index < -0.39 is 6.10 Å². The van der Waals surface area contributed by atoms with Gasteiger partial charge >= 0.3 is 5.97 Å². The van der Waals surface area contributed by atoms with E-state index in [1.165, 1.54) is 17.7 Å². The zero-order valence-electron chi connectivity index (χ0n) is 14.3. The fraction of sp³-hybridized carbons (Fsp3) is 0.278. The SMILES string of the molecule is CCOC(=O)c1sc2ncnc(NCC(O)c3ccccc3Cl)c2c1C. The van der Waals surface area contributed by atoms with Crippen LogP contribution in [0.3, 0.4) is 0 Å². The second-order valence-corrected chi connectivity index (χ2v) is 7.00. The van der Waals surface area contributed by atoms with E-state index in [0.29, 0.717) is 32.7 Å². The van der Waals surface area contributed by atoms with Gasteiger partial charge in [-0.3, -0.25) is 0 Å². The Kier molecular flexibility index (Phi) is 5.70. The summed E-state index contributed by atoms with van der Waals surface area (Å²) < 4.78 is 5.10. The Morgan fingerprint density at radius 3 is 2.88 bits per heavy atom. The van der Waals surface area contributed by atoms with Crippen molar-refractivity contribution in [3.05, 3.63) is 51.6 Å². The first kappa shape index (κ1) is 18.6. The smallest absolute Gasteiger partial charge is 0.348 e. The number of esters is 1. The van der Waals surface area contributed by atoms with Crippen LogP contribution in [-0.4, -0.2) is 34.2 Å². The van der Waals surface area contributed by atoms with Crippen LogP contribution in [0.4, 0.5) is 5.82 Å². The van der Waals surface area contributed by atoms with Crippen LogP contribution in [0, 0.1) is 6.92 Å². The minimum atomic E-state index is -0.794. The van der Waals surface area contributed by atoms with Crippen molar-refractivity contribution >= 4 is 44.9 Å². The van der Waals surface area contributed by atoms with Crippen molar-refractivity contribution in [2.75, 3.05) is 18.5 Å². The molecule has 0 fully saturated rings. The molecule has 3 aromatic rings. The molecule has 0 saturated heterocycles. The zero-order chi connectivity index (χ0) is 18.7. The zero-order valence-corrected chi connectivity index (χ0v) is 15.9. The lowest BCUT2D eigenvalue weighted by Crippen LogP contribution is -2.13. The van der Waals surface area contributed by atoms with E-state index in [1.807, 2.05) is 19.1 Å². The highest BCUT2D eigenvalue weighted by Crippen LogP contribution is 2.34. The first-order valence-corrected chi connectivity index (χ1v) is 9.30. The fourth-order valence-corrected chi connectivity index (χ4v) is 3.95. The van der Waals surface area contributed by atoms with Crippen molar-refractivity contribution in [3.63, 3.8) is 0 Å². The number of carbonyl (C=O) groups is 1. The second-order valence-electron chi connectivity index (χ2n) is 5.60. The number of ether oxygens (including phenoxy) is 1. The summed E-state index contributed by atoms with van der Waals surface area (Å²) in [5.41, 5.74) is 1.40. The van der Waals surface area contributed by atoms with E-state index in [4.69, 9.17) is 16.3 Å². The van der Waals surface area contributed by atoms with E-state index >= 15 is 0 Å². The van der Waals surface area contributed by atoms with Gasteiger partial charge in [0.15, 0.2) is 0 Å². The number of hydrogen-bond donors (Lipinski definition) is 2. The van der Waals surface area contributed by atoms with Crippen LogP contribution in [0.5, 0.6) is 0 Å². The van der Waals surface area contributed by atoms with E-state index in [2.05, 4.69) is 15.3 Å². The van der Waals surface area contributed by atoms with E-state index in [0.717, 1.165) is 10.9 Å². The number of aromatic nitrogens is 2. The number of aryl methyl sites for hydroxylation is 1. The van der Waals surface area contributed by atoms with Gasteiger partial charge in [-0.2, -0.15) is 0 Å². The second kappa shape index (κ2) is 7.99. The fourth-order valence-electron chi connectivity index (χ4n) is 2.65. The molecule has 1 atom stereocenters. The number of rotatable bonds is 6. The number of nitrogens with one attached hydrogen (secondary N) is 1. The Bertz CT molecular complexity index is 945. The van der Waals surface area contributed by atoms with Crippen molar-refractivity contribution in [3.8, 4) is 0 Å². The van der Waals surface area contributed by atoms with Gasteiger partial charge in [-0.05, 0) is 25.5 Å². The molecule has 0 spiro atoms. The molecule has 0 saturated carbocycles. The molecule has 26 heavy (non-hydrogen) atoms. The Morgan fingerprint density at radius 1 is 1.38 bits per heavy atom. The molecule has 0 radical (unpaired) electrons. The first-order chi connectivity index (χ1) is 12.5. The van der Waals surface area contributed by atoms with Crippen LogP contribution in [0.2, 0.25) is 5.02 Å². The Labute approximate surface area is 159 Å². The normalized spacial score (nSPS) is 12.2. The maximum Gasteiger partial charge on any atom is 0.348 e. The summed E-state index contributed by atoms with van der Waals surface area (Å²) in [6.45, 7) is 4.14. The Morgan fingerprint density at radius 2 is 2.15 bits per heavy atom. The summed E-state index contributed by atoms with van der Waals surface area (Å²) in [6, 6.07) is 7.14. The summed E-state index contributed by atoms with van der Waals surface area (Å²) in [5.74, 6) is 0.195. The molecule has 0 amide bonds. The van der Waals surface area contributed by atoms with E-state index in [9.17, 15) is 9.90 Å².